The topological polar surface area (TPSA) is 32.3 Å². The number of phenolic OH excluding ortho intramolecular Hbond substituents is 1. The molecule has 1 aliphatic carbocycles. The molecule has 0 heterocycles. The van der Waals surface area contributed by atoms with E-state index in [0.29, 0.717) is 18.2 Å². The lowest BCUT2D eigenvalue weighted by atomic mass is 9.95. The number of phenols is 1. The van der Waals surface area contributed by atoms with Gasteiger partial charge in [0.25, 0.3) is 0 Å². The Morgan fingerprint density at radius 3 is 3.06 bits per heavy atom. The fraction of sp³-hybridized carbons (Fsp3) is 0.571. The van der Waals surface area contributed by atoms with Gasteiger partial charge in [-0.1, -0.05) is 6.42 Å². The van der Waals surface area contributed by atoms with E-state index in [1.807, 2.05) is 11.8 Å². The zero-order valence-corrected chi connectivity index (χ0v) is 11.5. The van der Waals surface area contributed by atoms with Crippen LogP contribution < -0.4 is 5.32 Å². The highest BCUT2D eigenvalue weighted by molar-refractivity contribution is 7.99. The second-order valence-electron chi connectivity index (χ2n) is 4.88. The number of thioether (sulfide) groups is 1. The summed E-state index contributed by atoms with van der Waals surface area (Å²) in [6.45, 7) is 0.537. The SMILES string of the molecule is CSC1CCCC(NCc2cc(F)ccc2O)C1. The van der Waals surface area contributed by atoms with Crippen LogP contribution in [0.25, 0.3) is 0 Å². The summed E-state index contributed by atoms with van der Waals surface area (Å²) in [5.74, 6) is -0.128. The van der Waals surface area contributed by atoms with Gasteiger partial charge in [0.1, 0.15) is 11.6 Å². The summed E-state index contributed by atoms with van der Waals surface area (Å²) in [5.41, 5.74) is 0.640. The fourth-order valence-corrected chi connectivity index (χ4v) is 3.32. The summed E-state index contributed by atoms with van der Waals surface area (Å²) >= 11 is 1.93. The van der Waals surface area contributed by atoms with Crippen molar-refractivity contribution in [1.29, 1.82) is 0 Å². The van der Waals surface area contributed by atoms with Crippen molar-refractivity contribution in [3.8, 4) is 5.75 Å². The van der Waals surface area contributed by atoms with Crippen LogP contribution in [0.2, 0.25) is 0 Å². The van der Waals surface area contributed by atoms with Crippen LogP contribution in [0.5, 0.6) is 5.75 Å². The Morgan fingerprint density at radius 1 is 1.44 bits per heavy atom. The Labute approximate surface area is 112 Å². The van der Waals surface area contributed by atoms with Crippen molar-refractivity contribution < 1.29 is 9.50 Å². The highest BCUT2D eigenvalue weighted by Gasteiger charge is 2.20. The molecule has 0 spiro atoms. The maximum Gasteiger partial charge on any atom is 0.123 e. The molecule has 1 aromatic carbocycles. The van der Waals surface area contributed by atoms with Gasteiger partial charge in [-0.25, -0.2) is 4.39 Å². The summed E-state index contributed by atoms with van der Waals surface area (Å²) in [7, 11) is 0. The first-order valence-electron chi connectivity index (χ1n) is 6.42. The van der Waals surface area contributed by atoms with E-state index in [4.69, 9.17) is 0 Å². The molecule has 18 heavy (non-hydrogen) atoms. The largest absolute Gasteiger partial charge is 0.508 e. The number of halogens is 1. The van der Waals surface area contributed by atoms with Gasteiger partial charge in [0.2, 0.25) is 0 Å². The van der Waals surface area contributed by atoms with Crippen LogP contribution in [0.1, 0.15) is 31.2 Å². The van der Waals surface area contributed by atoms with E-state index in [0.717, 1.165) is 11.7 Å². The zero-order chi connectivity index (χ0) is 13.0. The molecular weight excluding hydrogens is 249 g/mol. The molecule has 0 amide bonds. The minimum absolute atomic E-state index is 0.168. The van der Waals surface area contributed by atoms with Crippen molar-refractivity contribution >= 4 is 11.8 Å². The molecular formula is C14H20FNOS. The predicted octanol–water partition coefficient (Wildman–Crippen LogP) is 3.30. The van der Waals surface area contributed by atoms with E-state index in [-0.39, 0.29) is 11.6 Å². The number of benzene rings is 1. The minimum Gasteiger partial charge on any atom is -0.508 e. The van der Waals surface area contributed by atoms with Crippen LogP contribution in [0, 0.1) is 5.82 Å². The van der Waals surface area contributed by atoms with Gasteiger partial charge < -0.3 is 10.4 Å². The summed E-state index contributed by atoms with van der Waals surface area (Å²) in [5, 5.41) is 13.8. The molecule has 100 valence electrons. The quantitative estimate of drug-likeness (QED) is 0.879. The van der Waals surface area contributed by atoms with Gasteiger partial charge in [-0.2, -0.15) is 11.8 Å². The van der Waals surface area contributed by atoms with Crippen LogP contribution in [0.3, 0.4) is 0 Å². The number of hydrogen-bond donors (Lipinski definition) is 2. The standard InChI is InChI=1S/C14H20FNOS/c1-18-13-4-2-3-12(8-13)16-9-10-7-11(15)5-6-14(10)17/h5-7,12-13,16-17H,2-4,8-9H2,1H3. The first kappa shape index (κ1) is 13.7. The summed E-state index contributed by atoms with van der Waals surface area (Å²) < 4.78 is 13.1. The molecule has 0 bridgehead atoms. The highest BCUT2D eigenvalue weighted by atomic mass is 32.2. The zero-order valence-electron chi connectivity index (χ0n) is 10.7. The number of aromatic hydroxyl groups is 1. The third kappa shape index (κ3) is 3.62. The Morgan fingerprint density at radius 2 is 2.28 bits per heavy atom. The molecule has 2 rings (SSSR count). The lowest BCUT2D eigenvalue weighted by molar-refractivity contribution is 0.375. The van der Waals surface area contributed by atoms with Gasteiger partial charge in [0.15, 0.2) is 0 Å². The summed E-state index contributed by atoms with van der Waals surface area (Å²) in [6, 6.07) is 4.58. The van der Waals surface area contributed by atoms with Gasteiger partial charge >= 0.3 is 0 Å². The van der Waals surface area contributed by atoms with Crippen molar-refractivity contribution in [2.75, 3.05) is 6.26 Å². The van der Waals surface area contributed by atoms with E-state index in [2.05, 4.69) is 11.6 Å². The normalized spacial score (nSPS) is 24.1. The maximum absolute atomic E-state index is 13.1. The molecule has 4 heteroatoms. The second-order valence-corrected chi connectivity index (χ2v) is 6.01. The third-order valence-electron chi connectivity index (χ3n) is 3.58. The lowest BCUT2D eigenvalue weighted by Gasteiger charge is -2.28. The smallest absolute Gasteiger partial charge is 0.123 e. The van der Waals surface area contributed by atoms with Crippen LogP contribution in [-0.4, -0.2) is 22.7 Å². The van der Waals surface area contributed by atoms with E-state index >= 15 is 0 Å². The molecule has 2 atom stereocenters. The minimum atomic E-state index is -0.296. The molecule has 1 saturated carbocycles. The van der Waals surface area contributed by atoms with Crippen LogP contribution in [0.4, 0.5) is 4.39 Å². The van der Waals surface area contributed by atoms with E-state index < -0.39 is 0 Å². The van der Waals surface area contributed by atoms with Gasteiger partial charge in [-0.15, -0.1) is 0 Å². The van der Waals surface area contributed by atoms with Gasteiger partial charge in [-0.05, 0) is 43.7 Å². The molecule has 0 aromatic heterocycles. The van der Waals surface area contributed by atoms with Crippen molar-refractivity contribution in [3.63, 3.8) is 0 Å². The van der Waals surface area contributed by atoms with Gasteiger partial charge in [0.05, 0.1) is 0 Å². The van der Waals surface area contributed by atoms with Crippen molar-refractivity contribution in [3.05, 3.63) is 29.6 Å². The average molecular weight is 269 g/mol. The van der Waals surface area contributed by atoms with Gasteiger partial charge in [-0.3, -0.25) is 0 Å². The highest BCUT2D eigenvalue weighted by Crippen LogP contribution is 2.27. The molecule has 0 aliphatic heterocycles. The number of hydrogen-bond acceptors (Lipinski definition) is 3. The Bertz CT molecular complexity index is 399. The summed E-state index contributed by atoms with van der Waals surface area (Å²) in [4.78, 5) is 0. The molecule has 1 aromatic rings. The van der Waals surface area contributed by atoms with Crippen LogP contribution >= 0.6 is 11.8 Å². The van der Waals surface area contributed by atoms with Gasteiger partial charge in [0, 0.05) is 23.4 Å². The van der Waals surface area contributed by atoms with Crippen molar-refractivity contribution in [2.45, 2.75) is 43.5 Å². The monoisotopic (exact) mass is 269 g/mol. The second kappa shape index (κ2) is 6.43. The fourth-order valence-electron chi connectivity index (χ4n) is 2.49. The van der Waals surface area contributed by atoms with E-state index in [9.17, 15) is 9.50 Å². The molecule has 0 radical (unpaired) electrons. The molecule has 2 unspecified atom stereocenters. The van der Waals surface area contributed by atoms with Crippen LogP contribution in [0.15, 0.2) is 18.2 Å². The number of rotatable bonds is 4. The third-order valence-corrected chi connectivity index (χ3v) is 4.68. The predicted molar refractivity (Wildman–Crippen MR) is 74.5 cm³/mol. The molecule has 2 nitrogen and oxygen atoms in total. The van der Waals surface area contributed by atoms with Crippen LogP contribution in [-0.2, 0) is 6.54 Å². The lowest BCUT2D eigenvalue weighted by Crippen LogP contribution is -2.34. The molecule has 1 fully saturated rings. The maximum atomic E-state index is 13.1. The Kier molecular flexibility index (Phi) is 4.89. The Hall–Kier alpha value is -0.740. The Balaban J connectivity index is 1.89. The first-order valence-corrected chi connectivity index (χ1v) is 7.71. The average Bonchev–Trinajstić information content (AvgIpc) is 2.40. The summed E-state index contributed by atoms with van der Waals surface area (Å²) in [6.07, 6.45) is 7.04. The van der Waals surface area contributed by atoms with Crippen molar-refractivity contribution in [1.82, 2.24) is 5.32 Å². The van der Waals surface area contributed by atoms with E-state index in [1.165, 1.54) is 37.5 Å². The first-order chi connectivity index (χ1) is 8.69. The molecule has 1 aliphatic rings. The van der Waals surface area contributed by atoms with E-state index in [1.54, 1.807) is 0 Å². The van der Waals surface area contributed by atoms with Crippen molar-refractivity contribution in [2.24, 2.45) is 0 Å². The molecule has 0 saturated heterocycles. The number of nitrogens with one attached hydrogen (secondary N) is 1. The molecule has 2 N–H and O–H groups in total.